The number of carbonyl (C=O) groups excluding carboxylic acids is 2. The van der Waals surface area contributed by atoms with Gasteiger partial charge in [0.25, 0.3) is 11.8 Å². The molecule has 0 bridgehead atoms. The van der Waals surface area contributed by atoms with Crippen molar-refractivity contribution < 1.29 is 18.0 Å². The van der Waals surface area contributed by atoms with Gasteiger partial charge in [-0.3, -0.25) is 9.59 Å². The summed E-state index contributed by atoms with van der Waals surface area (Å²) in [5.74, 6) is -0.695. The highest BCUT2D eigenvalue weighted by atomic mass is 32.2. The van der Waals surface area contributed by atoms with E-state index in [0.29, 0.717) is 35.1 Å². The number of rotatable bonds is 12. The Hall–Kier alpha value is -3.43. The number of nitrogens with zero attached hydrogens (tertiary/aromatic N) is 3. The van der Waals surface area contributed by atoms with Crippen LogP contribution >= 0.6 is 0 Å². The van der Waals surface area contributed by atoms with E-state index in [4.69, 9.17) is 0 Å². The Morgan fingerprint density at radius 1 is 0.947 bits per heavy atom. The van der Waals surface area contributed by atoms with Crippen molar-refractivity contribution in [3.8, 4) is 0 Å². The van der Waals surface area contributed by atoms with Crippen molar-refractivity contribution in [1.29, 1.82) is 0 Å². The molecule has 0 spiro atoms. The lowest BCUT2D eigenvalue weighted by atomic mass is 10.1. The van der Waals surface area contributed by atoms with Gasteiger partial charge in [-0.05, 0) is 44.0 Å². The lowest BCUT2D eigenvalue weighted by Crippen LogP contribution is -2.39. The molecule has 9 heteroatoms. The van der Waals surface area contributed by atoms with Crippen molar-refractivity contribution in [2.75, 3.05) is 27.2 Å². The van der Waals surface area contributed by atoms with Crippen LogP contribution in [0.2, 0.25) is 0 Å². The minimum Gasteiger partial charge on any atom is -0.337 e. The number of nitrogens with one attached hydrogen (secondary N) is 1. The molecule has 0 radical (unpaired) electrons. The summed E-state index contributed by atoms with van der Waals surface area (Å²) in [7, 11) is -0.875. The van der Waals surface area contributed by atoms with Gasteiger partial charge in [0.2, 0.25) is 0 Å². The molecule has 3 aromatic rings. The van der Waals surface area contributed by atoms with Crippen molar-refractivity contribution >= 4 is 39.0 Å². The fourth-order valence-corrected chi connectivity index (χ4v) is 5.05. The number of hydrogen-bond acceptors (Lipinski definition) is 4. The molecule has 8 nitrogen and oxygen atoms in total. The zero-order valence-corrected chi connectivity index (χ0v) is 23.7. The molecular formula is C29H38N4O4S. The van der Waals surface area contributed by atoms with Crippen molar-refractivity contribution in [3.63, 3.8) is 0 Å². The summed E-state index contributed by atoms with van der Waals surface area (Å²) in [5, 5.41) is 3.49. The second kappa shape index (κ2) is 12.9. The van der Waals surface area contributed by atoms with E-state index in [9.17, 15) is 18.0 Å². The van der Waals surface area contributed by atoms with Gasteiger partial charge < -0.3 is 10.2 Å². The molecule has 0 fully saturated rings. The van der Waals surface area contributed by atoms with Crippen LogP contribution in [0.5, 0.6) is 0 Å². The normalized spacial score (nSPS) is 12.2. The molecule has 0 aliphatic carbocycles. The number of aryl methyl sites for hydroxylation is 1. The monoisotopic (exact) mass is 538 g/mol. The van der Waals surface area contributed by atoms with Gasteiger partial charge >= 0.3 is 10.2 Å². The SMILES string of the molecule is CCCCN(CCCC)C(=O)C(=Cc1cn(S(=O)(=O)N(C)C)c2ccccc12)NC(=O)c1ccc(C)cc1. The fraction of sp³-hybridized carbons (Fsp3) is 0.379. The standard InChI is InChI=1S/C29H38N4O4S/c1-6-8-18-32(19-9-7-2)29(35)26(30-28(34)23-16-14-22(3)15-17-23)20-24-21-33(38(36,37)31(4)5)27-13-11-10-12-25(24)27/h10-17,20-21H,6-9,18-19H2,1-5H3,(H,30,34). The second-order valence-corrected chi connectivity index (χ2v) is 11.6. The van der Waals surface area contributed by atoms with Crippen molar-refractivity contribution in [2.24, 2.45) is 0 Å². The third-order valence-electron chi connectivity index (χ3n) is 6.36. The molecule has 0 atom stereocenters. The summed E-state index contributed by atoms with van der Waals surface area (Å²) in [6.45, 7) is 7.22. The topological polar surface area (TPSA) is 91.7 Å². The number of fused-ring (bicyclic) bond motifs is 1. The van der Waals surface area contributed by atoms with Gasteiger partial charge in [-0.25, -0.2) is 3.97 Å². The summed E-state index contributed by atoms with van der Waals surface area (Å²) < 4.78 is 28.4. The average molecular weight is 539 g/mol. The molecule has 1 aromatic heterocycles. The molecule has 2 aromatic carbocycles. The molecule has 0 unspecified atom stereocenters. The molecule has 0 aliphatic heterocycles. The lowest BCUT2D eigenvalue weighted by Gasteiger charge is -2.24. The maximum Gasteiger partial charge on any atom is 0.307 e. The van der Waals surface area contributed by atoms with Gasteiger partial charge in [-0.15, -0.1) is 0 Å². The van der Waals surface area contributed by atoms with Crippen molar-refractivity contribution in [3.05, 3.63) is 77.1 Å². The Balaban J connectivity index is 2.14. The third kappa shape index (κ3) is 6.71. The smallest absolute Gasteiger partial charge is 0.307 e. The number of unbranched alkanes of at least 4 members (excludes halogenated alkanes) is 2. The van der Waals surface area contributed by atoms with E-state index in [1.54, 1.807) is 41.3 Å². The maximum atomic E-state index is 13.8. The van der Waals surface area contributed by atoms with Crippen LogP contribution < -0.4 is 5.32 Å². The largest absolute Gasteiger partial charge is 0.337 e. The van der Waals surface area contributed by atoms with E-state index < -0.39 is 16.1 Å². The van der Waals surface area contributed by atoms with Crippen LogP contribution in [-0.2, 0) is 15.0 Å². The summed E-state index contributed by atoms with van der Waals surface area (Å²) in [6.07, 6.45) is 6.63. The summed E-state index contributed by atoms with van der Waals surface area (Å²) in [5.41, 5.74) is 2.56. The number of hydrogen-bond donors (Lipinski definition) is 1. The highest BCUT2D eigenvalue weighted by Crippen LogP contribution is 2.26. The summed E-state index contributed by atoms with van der Waals surface area (Å²) in [4.78, 5) is 28.8. The second-order valence-electron chi connectivity index (χ2n) is 9.57. The van der Waals surface area contributed by atoms with Crippen LogP contribution in [0, 0.1) is 6.92 Å². The van der Waals surface area contributed by atoms with E-state index in [1.807, 2.05) is 25.1 Å². The van der Waals surface area contributed by atoms with E-state index in [-0.39, 0.29) is 11.6 Å². The quantitative estimate of drug-likeness (QED) is 0.335. The first-order valence-corrected chi connectivity index (χ1v) is 14.4. The van der Waals surface area contributed by atoms with E-state index in [0.717, 1.165) is 35.6 Å². The van der Waals surface area contributed by atoms with Gasteiger partial charge in [-0.1, -0.05) is 62.6 Å². The molecule has 2 amide bonds. The molecule has 3 rings (SSSR count). The van der Waals surface area contributed by atoms with Crippen LogP contribution in [-0.4, -0.2) is 60.6 Å². The summed E-state index contributed by atoms with van der Waals surface area (Å²) >= 11 is 0. The van der Waals surface area contributed by atoms with Crippen LogP contribution in [0.4, 0.5) is 0 Å². The lowest BCUT2D eigenvalue weighted by molar-refractivity contribution is -0.127. The van der Waals surface area contributed by atoms with Gasteiger partial charge in [0.1, 0.15) is 5.70 Å². The molecule has 38 heavy (non-hydrogen) atoms. The first-order valence-electron chi connectivity index (χ1n) is 13.0. The number of benzene rings is 2. The number of para-hydroxylation sites is 1. The molecule has 0 aliphatic rings. The maximum absolute atomic E-state index is 13.8. The van der Waals surface area contributed by atoms with E-state index >= 15 is 0 Å². The predicted octanol–water partition coefficient (Wildman–Crippen LogP) is 4.80. The van der Waals surface area contributed by atoms with Crippen LogP contribution in [0.15, 0.2) is 60.4 Å². The highest BCUT2D eigenvalue weighted by Gasteiger charge is 2.24. The molecule has 1 N–H and O–H groups in total. The molecular weight excluding hydrogens is 500 g/mol. The highest BCUT2D eigenvalue weighted by molar-refractivity contribution is 7.87. The van der Waals surface area contributed by atoms with Crippen LogP contribution in [0.25, 0.3) is 17.0 Å². The Morgan fingerprint density at radius 3 is 2.13 bits per heavy atom. The minimum absolute atomic E-state index is 0.105. The Bertz CT molecular complexity index is 1400. The predicted molar refractivity (Wildman–Crippen MR) is 153 cm³/mol. The van der Waals surface area contributed by atoms with Gasteiger partial charge in [0.15, 0.2) is 0 Å². The minimum atomic E-state index is -3.81. The molecule has 0 saturated carbocycles. The first-order chi connectivity index (χ1) is 18.1. The zero-order valence-electron chi connectivity index (χ0n) is 22.9. The fourth-order valence-electron chi connectivity index (χ4n) is 4.05. The number of carbonyl (C=O) groups is 2. The third-order valence-corrected chi connectivity index (χ3v) is 8.08. The Morgan fingerprint density at radius 2 is 1.55 bits per heavy atom. The van der Waals surface area contributed by atoms with E-state index in [1.165, 1.54) is 24.3 Å². The van der Waals surface area contributed by atoms with Gasteiger partial charge in [0, 0.05) is 49.9 Å². The Kier molecular flexibility index (Phi) is 9.88. The van der Waals surface area contributed by atoms with E-state index in [2.05, 4.69) is 19.2 Å². The van der Waals surface area contributed by atoms with Gasteiger partial charge in [-0.2, -0.15) is 12.7 Å². The molecule has 0 saturated heterocycles. The van der Waals surface area contributed by atoms with Crippen LogP contribution in [0.1, 0.15) is 61.0 Å². The Labute approximate surface area is 226 Å². The molecule has 1 heterocycles. The first kappa shape index (κ1) is 29.1. The van der Waals surface area contributed by atoms with Gasteiger partial charge in [0.05, 0.1) is 5.52 Å². The average Bonchev–Trinajstić information content (AvgIpc) is 3.27. The zero-order chi connectivity index (χ0) is 27.9. The van der Waals surface area contributed by atoms with Crippen LogP contribution in [0.3, 0.4) is 0 Å². The van der Waals surface area contributed by atoms with Crippen molar-refractivity contribution in [2.45, 2.75) is 46.5 Å². The number of amides is 2. The molecule has 204 valence electrons. The number of aromatic nitrogens is 1. The van der Waals surface area contributed by atoms with Crippen molar-refractivity contribution in [1.82, 2.24) is 18.5 Å². The summed E-state index contributed by atoms with van der Waals surface area (Å²) in [6, 6.07) is 14.2.